The van der Waals surface area contributed by atoms with Crippen molar-refractivity contribution in [3.8, 4) is 16.9 Å². The number of hydrogen-bond acceptors (Lipinski definition) is 6. The summed E-state index contributed by atoms with van der Waals surface area (Å²) in [6.45, 7) is 6.92. The molecule has 230 valence electrons. The number of fused-ring (bicyclic) bond motifs is 1. The van der Waals surface area contributed by atoms with E-state index in [4.69, 9.17) is 23.1 Å². The van der Waals surface area contributed by atoms with Crippen LogP contribution in [0.3, 0.4) is 0 Å². The lowest BCUT2D eigenvalue weighted by Gasteiger charge is -2.18. The second-order valence-corrected chi connectivity index (χ2v) is 11.3. The van der Waals surface area contributed by atoms with Gasteiger partial charge in [0.1, 0.15) is 11.5 Å². The molecule has 0 saturated heterocycles. The largest absolute Gasteiger partial charge is 0.388 e. The van der Waals surface area contributed by atoms with E-state index in [1.807, 2.05) is 13.8 Å². The van der Waals surface area contributed by atoms with Crippen LogP contribution in [0.2, 0.25) is 5.02 Å². The Morgan fingerprint density at radius 1 is 1.21 bits per heavy atom. The number of aryl methyl sites for hydroxylation is 1. The Balaban J connectivity index is 1.60. The SMILES string of the molecule is CCCC(NCCCN=C(C)N)c1ncc(-n2cc3cc(-c4cc(CCCC(C)N)cc(Cl)c4F)[nH]c3nc2=O)cc1F. The Morgan fingerprint density at radius 3 is 2.70 bits per heavy atom. The van der Waals surface area contributed by atoms with Crippen molar-refractivity contribution in [2.75, 3.05) is 13.1 Å². The number of nitrogens with zero attached hydrogens (tertiary/aromatic N) is 4. The predicted octanol–water partition coefficient (Wildman–Crippen LogP) is 5.58. The van der Waals surface area contributed by atoms with Gasteiger partial charge in [-0.15, -0.1) is 0 Å². The first-order valence-corrected chi connectivity index (χ1v) is 15.0. The number of aliphatic imine (C=N–C) groups is 1. The summed E-state index contributed by atoms with van der Waals surface area (Å²) in [6, 6.07) is 6.12. The Kier molecular flexibility index (Phi) is 11.0. The van der Waals surface area contributed by atoms with Crippen molar-refractivity contribution in [3.63, 3.8) is 0 Å². The number of pyridine rings is 1. The summed E-state index contributed by atoms with van der Waals surface area (Å²) in [5.74, 6) is -0.570. The zero-order valence-corrected chi connectivity index (χ0v) is 25.5. The number of aromatic amines is 1. The molecule has 12 heteroatoms. The molecule has 2 unspecified atom stereocenters. The highest BCUT2D eigenvalue weighted by Crippen LogP contribution is 2.31. The summed E-state index contributed by atoms with van der Waals surface area (Å²) in [5.41, 5.74) is 13.2. The highest BCUT2D eigenvalue weighted by atomic mass is 35.5. The van der Waals surface area contributed by atoms with Gasteiger partial charge >= 0.3 is 5.69 Å². The minimum atomic E-state index is -0.628. The van der Waals surface area contributed by atoms with Gasteiger partial charge in [-0.3, -0.25) is 14.5 Å². The van der Waals surface area contributed by atoms with Crippen molar-refractivity contribution in [3.05, 3.63) is 75.1 Å². The molecular formula is C31H39ClF2N8O. The first-order chi connectivity index (χ1) is 20.6. The molecule has 2 atom stereocenters. The third kappa shape index (κ3) is 8.25. The van der Waals surface area contributed by atoms with Gasteiger partial charge in [-0.2, -0.15) is 4.98 Å². The van der Waals surface area contributed by atoms with Crippen LogP contribution in [0, 0.1) is 11.6 Å². The maximum absolute atomic E-state index is 15.4. The molecule has 0 spiro atoms. The quantitative estimate of drug-likeness (QED) is 0.0833. The minimum Gasteiger partial charge on any atom is -0.388 e. The third-order valence-corrected chi connectivity index (χ3v) is 7.41. The van der Waals surface area contributed by atoms with Gasteiger partial charge in [0.05, 0.1) is 40.2 Å². The summed E-state index contributed by atoms with van der Waals surface area (Å²) < 4.78 is 31.7. The Hall–Kier alpha value is -3.67. The molecule has 3 heterocycles. The van der Waals surface area contributed by atoms with E-state index in [9.17, 15) is 4.79 Å². The maximum Gasteiger partial charge on any atom is 0.354 e. The van der Waals surface area contributed by atoms with Gasteiger partial charge in [0.2, 0.25) is 0 Å². The molecule has 0 aliphatic rings. The lowest BCUT2D eigenvalue weighted by molar-refractivity contribution is 0.454. The molecule has 4 aromatic rings. The topological polar surface area (TPSA) is 140 Å². The molecule has 0 fully saturated rings. The second kappa shape index (κ2) is 14.7. The molecule has 0 radical (unpaired) electrons. The Labute approximate surface area is 254 Å². The average molecular weight is 613 g/mol. The number of aromatic nitrogens is 4. The molecule has 3 aromatic heterocycles. The molecule has 4 rings (SSSR count). The van der Waals surface area contributed by atoms with Crippen molar-refractivity contribution in [1.82, 2.24) is 24.8 Å². The lowest BCUT2D eigenvalue weighted by Crippen LogP contribution is -2.26. The molecule has 0 amide bonds. The molecule has 9 nitrogen and oxygen atoms in total. The number of nitrogens with one attached hydrogen (secondary N) is 2. The van der Waals surface area contributed by atoms with E-state index in [0.717, 1.165) is 31.2 Å². The molecule has 1 aromatic carbocycles. The zero-order chi connectivity index (χ0) is 31.1. The van der Waals surface area contributed by atoms with Gasteiger partial charge in [0.25, 0.3) is 0 Å². The Bertz CT molecular complexity index is 1650. The maximum atomic E-state index is 15.4. The molecule has 0 saturated carbocycles. The summed E-state index contributed by atoms with van der Waals surface area (Å²) in [6.07, 6.45) is 7.64. The van der Waals surface area contributed by atoms with Crippen LogP contribution in [0.1, 0.15) is 70.2 Å². The van der Waals surface area contributed by atoms with Gasteiger partial charge < -0.3 is 21.8 Å². The van der Waals surface area contributed by atoms with Crippen LogP contribution >= 0.6 is 11.6 Å². The third-order valence-electron chi connectivity index (χ3n) is 7.14. The minimum absolute atomic E-state index is 0.0103. The molecule has 6 N–H and O–H groups in total. The molecule has 0 aliphatic carbocycles. The van der Waals surface area contributed by atoms with Gasteiger partial charge in [0, 0.05) is 35.8 Å². The van der Waals surface area contributed by atoms with Gasteiger partial charge in [-0.05, 0) is 76.3 Å². The van der Waals surface area contributed by atoms with Crippen LogP contribution in [-0.2, 0) is 6.42 Å². The summed E-state index contributed by atoms with van der Waals surface area (Å²) in [5, 5.41) is 3.90. The normalized spacial score (nSPS) is 13.5. The average Bonchev–Trinajstić information content (AvgIpc) is 3.36. The highest BCUT2D eigenvalue weighted by Gasteiger charge is 2.19. The Morgan fingerprint density at radius 2 is 2.00 bits per heavy atom. The van der Waals surface area contributed by atoms with Crippen molar-refractivity contribution < 1.29 is 8.78 Å². The van der Waals surface area contributed by atoms with E-state index in [1.54, 1.807) is 25.1 Å². The van der Waals surface area contributed by atoms with Crippen molar-refractivity contribution in [2.45, 2.75) is 71.4 Å². The van der Waals surface area contributed by atoms with E-state index in [0.29, 0.717) is 42.8 Å². The fourth-order valence-electron chi connectivity index (χ4n) is 5.00. The predicted molar refractivity (Wildman–Crippen MR) is 169 cm³/mol. The number of halogens is 3. The summed E-state index contributed by atoms with van der Waals surface area (Å²) in [7, 11) is 0. The van der Waals surface area contributed by atoms with Crippen molar-refractivity contribution in [2.24, 2.45) is 16.5 Å². The van der Waals surface area contributed by atoms with Crippen LogP contribution in [0.15, 0.2) is 46.4 Å². The number of H-pyrrole nitrogens is 1. The van der Waals surface area contributed by atoms with Crippen LogP contribution in [-0.4, -0.2) is 44.5 Å². The number of benzene rings is 1. The van der Waals surface area contributed by atoms with E-state index in [2.05, 4.69) is 25.3 Å². The molecular weight excluding hydrogens is 574 g/mol. The second-order valence-electron chi connectivity index (χ2n) is 10.9. The van der Waals surface area contributed by atoms with E-state index >= 15 is 8.78 Å². The van der Waals surface area contributed by atoms with Crippen molar-refractivity contribution >= 4 is 28.5 Å². The lowest BCUT2D eigenvalue weighted by atomic mass is 10.0. The van der Waals surface area contributed by atoms with E-state index < -0.39 is 17.3 Å². The summed E-state index contributed by atoms with van der Waals surface area (Å²) in [4.78, 5) is 28.7. The molecule has 0 bridgehead atoms. The van der Waals surface area contributed by atoms with Crippen LogP contribution in [0.5, 0.6) is 0 Å². The fraction of sp³-hybridized carbons (Fsp3) is 0.419. The van der Waals surface area contributed by atoms with E-state index in [1.165, 1.54) is 23.0 Å². The molecule has 43 heavy (non-hydrogen) atoms. The number of rotatable bonds is 14. The van der Waals surface area contributed by atoms with E-state index in [-0.39, 0.29) is 39.7 Å². The standard InChI is InChI=1S/C31H39ClF2N8O/c1-4-7-26(38-11-6-10-37-19(3)36)29-25(33)15-22(16-39-29)42-17-21-14-27(40-30(21)41-31(42)43)23-12-20(9-5-8-18(2)35)13-24(32)28(23)34/h12-18,26,38H,4-11,35H2,1-3H3,(H2,36,37)(H,40,41,43). The van der Waals surface area contributed by atoms with Crippen molar-refractivity contribution in [1.29, 1.82) is 0 Å². The van der Waals surface area contributed by atoms with Crippen LogP contribution in [0.25, 0.3) is 28.0 Å². The number of amidine groups is 1. The number of hydrogen-bond donors (Lipinski definition) is 4. The van der Waals surface area contributed by atoms with Gasteiger partial charge in [-0.1, -0.05) is 24.9 Å². The highest BCUT2D eigenvalue weighted by molar-refractivity contribution is 6.31. The fourth-order valence-corrected chi connectivity index (χ4v) is 5.24. The zero-order valence-electron chi connectivity index (χ0n) is 24.8. The number of nitrogens with two attached hydrogens (primary N) is 2. The van der Waals surface area contributed by atoms with Gasteiger partial charge in [-0.25, -0.2) is 13.6 Å². The van der Waals surface area contributed by atoms with Crippen LogP contribution in [0.4, 0.5) is 8.78 Å². The van der Waals surface area contributed by atoms with Gasteiger partial charge in [0.15, 0.2) is 5.82 Å². The summed E-state index contributed by atoms with van der Waals surface area (Å²) >= 11 is 6.22. The first-order valence-electron chi connectivity index (χ1n) is 14.6. The first kappa shape index (κ1) is 32.2. The molecule has 0 aliphatic heterocycles. The smallest absolute Gasteiger partial charge is 0.354 e. The monoisotopic (exact) mass is 612 g/mol. The van der Waals surface area contributed by atoms with Crippen LogP contribution < -0.4 is 22.5 Å².